The molecule has 21 heavy (non-hydrogen) atoms. The Morgan fingerprint density at radius 3 is 2.62 bits per heavy atom. The molecular weight excluding hydrogens is 267 g/mol. The van der Waals surface area contributed by atoms with Crippen molar-refractivity contribution in [3.63, 3.8) is 0 Å². The number of nitrogens with zero attached hydrogens (tertiary/aromatic N) is 2. The molecule has 0 saturated heterocycles. The molecule has 108 valence electrons. The number of benzene rings is 2. The van der Waals surface area contributed by atoms with E-state index in [1.54, 1.807) is 18.2 Å². The number of para-hydroxylation sites is 1. The number of aryl methyl sites for hydroxylation is 1. The molecular formula is C17H17FN2O. The largest absolute Gasteiger partial charge is 0.396 e. The van der Waals surface area contributed by atoms with Crippen LogP contribution in [0, 0.1) is 5.82 Å². The molecule has 0 fully saturated rings. The standard InChI is InChI=1S/C17H17FN2O/c1-20-17-9-5-3-7-14(17)16(19-20)10-12(11-21)13-6-2-4-8-15(13)18/h2-9,12,21H,10-11H2,1H3. The highest BCUT2D eigenvalue weighted by atomic mass is 19.1. The Morgan fingerprint density at radius 2 is 1.86 bits per heavy atom. The fourth-order valence-corrected chi connectivity index (χ4v) is 2.75. The molecule has 0 spiro atoms. The first-order chi connectivity index (χ1) is 10.2. The Bertz CT molecular complexity index is 766. The second-order valence-electron chi connectivity index (χ2n) is 5.19. The minimum atomic E-state index is -0.287. The van der Waals surface area contributed by atoms with Gasteiger partial charge in [0.1, 0.15) is 5.82 Å². The molecule has 3 rings (SSSR count). The first-order valence-corrected chi connectivity index (χ1v) is 6.96. The summed E-state index contributed by atoms with van der Waals surface area (Å²) in [6.45, 7) is -0.105. The average Bonchev–Trinajstić information content (AvgIpc) is 2.82. The summed E-state index contributed by atoms with van der Waals surface area (Å²) in [6.07, 6.45) is 0.513. The molecule has 0 amide bonds. The smallest absolute Gasteiger partial charge is 0.126 e. The van der Waals surface area contributed by atoms with E-state index in [1.807, 2.05) is 36.0 Å². The summed E-state index contributed by atoms with van der Waals surface area (Å²) in [6, 6.07) is 14.5. The third-order valence-corrected chi connectivity index (χ3v) is 3.84. The first-order valence-electron chi connectivity index (χ1n) is 6.96. The Balaban J connectivity index is 1.99. The Kier molecular flexibility index (Phi) is 3.71. The Hall–Kier alpha value is -2.20. The highest BCUT2D eigenvalue weighted by molar-refractivity contribution is 5.81. The van der Waals surface area contributed by atoms with E-state index in [1.165, 1.54) is 6.07 Å². The molecule has 1 N–H and O–H groups in total. The fraction of sp³-hybridized carbons (Fsp3) is 0.235. The molecule has 1 atom stereocenters. The van der Waals surface area contributed by atoms with E-state index >= 15 is 0 Å². The molecule has 0 aliphatic carbocycles. The zero-order chi connectivity index (χ0) is 14.8. The van der Waals surface area contributed by atoms with Gasteiger partial charge < -0.3 is 5.11 Å². The molecule has 3 nitrogen and oxygen atoms in total. The number of aliphatic hydroxyl groups is 1. The van der Waals surface area contributed by atoms with Crippen LogP contribution in [0.25, 0.3) is 10.9 Å². The van der Waals surface area contributed by atoms with Crippen LogP contribution in [0.2, 0.25) is 0 Å². The van der Waals surface area contributed by atoms with Crippen LogP contribution >= 0.6 is 0 Å². The molecule has 4 heteroatoms. The van der Waals surface area contributed by atoms with Gasteiger partial charge in [-0.3, -0.25) is 4.68 Å². The number of fused-ring (bicyclic) bond motifs is 1. The second-order valence-corrected chi connectivity index (χ2v) is 5.19. The van der Waals surface area contributed by atoms with Crippen LogP contribution in [0.3, 0.4) is 0 Å². The number of rotatable bonds is 4. The van der Waals surface area contributed by atoms with E-state index in [4.69, 9.17) is 0 Å². The van der Waals surface area contributed by atoms with Gasteiger partial charge in [0, 0.05) is 24.8 Å². The van der Waals surface area contributed by atoms with Gasteiger partial charge in [-0.1, -0.05) is 36.4 Å². The summed E-state index contributed by atoms with van der Waals surface area (Å²) < 4.78 is 15.7. The summed E-state index contributed by atoms with van der Waals surface area (Å²) in [5, 5.41) is 15.2. The number of hydrogen-bond donors (Lipinski definition) is 1. The Morgan fingerprint density at radius 1 is 1.14 bits per heavy atom. The normalized spacial score (nSPS) is 12.7. The number of aliphatic hydroxyl groups excluding tert-OH is 1. The predicted molar refractivity (Wildman–Crippen MR) is 80.6 cm³/mol. The average molecular weight is 284 g/mol. The SMILES string of the molecule is Cn1nc(CC(CO)c2ccccc2F)c2ccccc21. The molecule has 3 aromatic rings. The predicted octanol–water partition coefficient (Wildman–Crippen LogP) is 3.03. The maximum Gasteiger partial charge on any atom is 0.126 e. The van der Waals surface area contributed by atoms with Crippen molar-refractivity contribution in [3.05, 3.63) is 65.6 Å². The van der Waals surface area contributed by atoms with Gasteiger partial charge in [-0.15, -0.1) is 0 Å². The molecule has 2 aromatic carbocycles. The minimum Gasteiger partial charge on any atom is -0.396 e. The van der Waals surface area contributed by atoms with Crippen LogP contribution in [0.1, 0.15) is 17.2 Å². The zero-order valence-electron chi connectivity index (χ0n) is 11.8. The van der Waals surface area contributed by atoms with Crippen molar-refractivity contribution in [1.82, 2.24) is 9.78 Å². The van der Waals surface area contributed by atoms with Gasteiger partial charge in [-0.25, -0.2) is 4.39 Å². The second kappa shape index (κ2) is 5.66. The lowest BCUT2D eigenvalue weighted by molar-refractivity contribution is 0.261. The van der Waals surface area contributed by atoms with Crippen molar-refractivity contribution in [2.75, 3.05) is 6.61 Å². The lowest BCUT2D eigenvalue weighted by Gasteiger charge is -2.14. The van der Waals surface area contributed by atoms with Gasteiger partial charge in [0.05, 0.1) is 17.8 Å². The van der Waals surface area contributed by atoms with Crippen LogP contribution in [-0.4, -0.2) is 21.5 Å². The minimum absolute atomic E-state index is 0.105. The molecule has 1 heterocycles. The van der Waals surface area contributed by atoms with Crippen LogP contribution < -0.4 is 0 Å². The monoisotopic (exact) mass is 284 g/mol. The van der Waals surface area contributed by atoms with E-state index in [0.717, 1.165) is 16.6 Å². The highest BCUT2D eigenvalue weighted by Gasteiger charge is 2.18. The fourth-order valence-electron chi connectivity index (χ4n) is 2.75. The van der Waals surface area contributed by atoms with Gasteiger partial charge in [-0.2, -0.15) is 5.10 Å². The molecule has 1 aromatic heterocycles. The van der Waals surface area contributed by atoms with Crippen LogP contribution in [0.5, 0.6) is 0 Å². The van der Waals surface area contributed by atoms with Crippen molar-refractivity contribution < 1.29 is 9.50 Å². The first kappa shape index (κ1) is 13.8. The van der Waals surface area contributed by atoms with Crippen molar-refractivity contribution in [3.8, 4) is 0 Å². The molecule has 0 radical (unpaired) electrons. The van der Waals surface area contributed by atoms with Crippen molar-refractivity contribution in [1.29, 1.82) is 0 Å². The van der Waals surface area contributed by atoms with Gasteiger partial charge in [0.15, 0.2) is 0 Å². The Labute approximate surface area is 122 Å². The van der Waals surface area contributed by atoms with Crippen LogP contribution in [0.4, 0.5) is 4.39 Å². The summed E-state index contributed by atoms with van der Waals surface area (Å²) in [4.78, 5) is 0. The van der Waals surface area contributed by atoms with Gasteiger partial charge in [-0.05, 0) is 17.7 Å². The number of hydrogen-bond acceptors (Lipinski definition) is 2. The third-order valence-electron chi connectivity index (χ3n) is 3.84. The molecule has 0 saturated carbocycles. The van der Waals surface area contributed by atoms with Crippen LogP contribution in [0.15, 0.2) is 48.5 Å². The summed E-state index contributed by atoms with van der Waals surface area (Å²) >= 11 is 0. The summed E-state index contributed by atoms with van der Waals surface area (Å²) in [5.74, 6) is -0.568. The maximum absolute atomic E-state index is 13.9. The van der Waals surface area contributed by atoms with Crippen molar-refractivity contribution >= 4 is 10.9 Å². The van der Waals surface area contributed by atoms with Crippen molar-refractivity contribution in [2.24, 2.45) is 7.05 Å². The van der Waals surface area contributed by atoms with E-state index in [0.29, 0.717) is 12.0 Å². The lowest BCUT2D eigenvalue weighted by atomic mass is 9.93. The third kappa shape index (κ3) is 2.54. The van der Waals surface area contributed by atoms with Gasteiger partial charge >= 0.3 is 0 Å². The highest BCUT2D eigenvalue weighted by Crippen LogP contribution is 2.26. The molecule has 0 bridgehead atoms. The van der Waals surface area contributed by atoms with Gasteiger partial charge in [0.25, 0.3) is 0 Å². The van der Waals surface area contributed by atoms with E-state index < -0.39 is 0 Å². The topological polar surface area (TPSA) is 38.0 Å². The quantitative estimate of drug-likeness (QED) is 0.799. The number of halogens is 1. The van der Waals surface area contributed by atoms with Crippen molar-refractivity contribution in [2.45, 2.75) is 12.3 Å². The van der Waals surface area contributed by atoms with Gasteiger partial charge in [0.2, 0.25) is 0 Å². The molecule has 0 aliphatic heterocycles. The van der Waals surface area contributed by atoms with E-state index in [2.05, 4.69) is 5.10 Å². The molecule has 1 unspecified atom stereocenters. The zero-order valence-corrected chi connectivity index (χ0v) is 11.8. The van der Waals surface area contributed by atoms with Crippen LogP contribution in [-0.2, 0) is 13.5 Å². The lowest BCUT2D eigenvalue weighted by Crippen LogP contribution is -2.10. The summed E-state index contributed by atoms with van der Waals surface area (Å²) in [5.41, 5.74) is 2.46. The molecule has 0 aliphatic rings. The number of aromatic nitrogens is 2. The van der Waals surface area contributed by atoms with E-state index in [-0.39, 0.29) is 18.3 Å². The van der Waals surface area contributed by atoms with E-state index in [9.17, 15) is 9.50 Å². The summed E-state index contributed by atoms with van der Waals surface area (Å²) in [7, 11) is 1.89. The maximum atomic E-state index is 13.9.